The highest BCUT2D eigenvalue weighted by Gasteiger charge is 2.15. The fourth-order valence-electron chi connectivity index (χ4n) is 2.26. The molecule has 3 heteroatoms. The fraction of sp³-hybridized carbons (Fsp3) is 0.294. The maximum Gasteiger partial charge on any atom is 0.126 e. The molecule has 106 valence electrons. The zero-order chi connectivity index (χ0) is 14.5. The first-order valence-corrected chi connectivity index (χ1v) is 6.84. The fourth-order valence-corrected chi connectivity index (χ4v) is 2.26. The number of halogens is 1. The van der Waals surface area contributed by atoms with Gasteiger partial charge in [-0.15, -0.1) is 0 Å². The van der Waals surface area contributed by atoms with E-state index in [1.54, 1.807) is 12.1 Å². The first kappa shape index (κ1) is 14.5. The molecule has 2 nitrogen and oxygen atoms in total. The second kappa shape index (κ2) is 6.53. The molecule has 0 aromatic heterocycles. The van der Waals surface area contributed by atoms with E-state index < -0.39 is 0 Å². The Bertz CT molecular complexity index is 583. The largest absolute Gasteiger partial charge is 0.494 e. The monoisotopic (exact) mass is 273 g/mol. The van der Waals surface area contributed by atoms with Crippen molar-refractivity contribution in [2.75, 3.05) is 6.61 Å². The van der Waals surface area contributed by atoms with E-state index in [-0.39, 0.29) is 11.9 Å². The van der Waals surface area contributed by atoms with Gasteiger partial charge in [-0.3, -0.25) is 0 Å². The third kappa shape index (κ3) is 3.36. The average Bonchev–Trinajstić information content (AvgIpc) is 2.43. The summed E-state index contributed by atoms with van der Waals surface area (Å²) in [6.07, 6.45) is 0.455. The molecule has 0 saturated carbocycles. The number of nitrogens with two attached hydrogens (primary N) is 1. The molecule has 20 heavy (non-hydrogen) atoms. The molecular formula is C17H20FNO. The van der Waals surface area contributed by atoms with Crippen molar-refractivity contribution in [2.24, 2.45) is 5.73 Å². The molecule has 0 amide bonds. The van der Waals surface area contributed by atoms with Crippen LogP contribution in [0.3, 0.4) is 0 Å². The molecule has 0 aliphatic heterocycles. The first-order chi connectivity index (χ1) is 9.61. The molecule has 0 spiro atoms. The summed E-state index contributed by atoms with van der Waals surface area (Å²) in [5.74, 6) is 0.565. The summed E-state index contributed by atoms with van der Waals surface area (Å²) >= 11 is 0. The highest BCUT2D eigenvalue weighted by molar-refractivity contribution is 5.40. The van der Waals surface area contributed by atoms with Crippen LogP contribution in [0.4, 0.5) is 4.39 Å². The van der Waals surface area contributed by atoms with Crippen molar-refractivity contribution in [1.29, 1.82) is 0 Å². The Balaban J connectivity index is 2.26. The van der Waals surface area contributed by atoms with Crippen LogP contribution in [0.15, 0.2) is 42.5 Å². The van der Waals surface area contributed by atoms with Gasteiger partial charge in [-0.2, -0.15) is 0 Å². The van der Waals surface area contributed by atoms with Crippen molar-refractivity contribution in [2.45, 2.75) is 26.3 Å². The summed E-state index contributed by atoms with van der Waals surface area (Å²) < 4.78 is 19.3. The second-order valence-electron chi connectivity index (χ2n) is 4.88. The van der Waals surface area contributed by atoms with Gasteiger partial charge in [0.1, 0.15) is 11.6 Å². The molecule has 2 rings (SSSR count). The SMILES string of the molecule is CCOc1ccc(C)cc1C(N)Cc1ccccc1F. The van der Waals surface area contributed by atoms with Crippen molar-refractivity contribution in [3.05, 3.63) is 65.0 Å². The van der Waals surface area contributed by atoms with E-state index in [1.807, 2.05) is 38.1 Å². The van der Waals surface area contributed by atoms with E-state index in [1.165, 1.54) is 6.07 Å². The van der Waals surface area contributed by atoms with Crippen LogP contribution < -0.4 is 10.5 Å². The predicted octanol–water partition coefficient (Wildman–Crippen LogP) is 3.78. The van der Waals surface area contributed by atoms with Gasteiger partial charge >= 0.3 is 0 Å². The Morgan fingerprint density at radius 2 is 1.95 bits per heavy atom. The molecule has 2 aromatic carbocycles. The van der Waals surface area contributed by atoms with Crippen molar-refractivity contribution >= 4 is 0 Å². The number of aryl methyl sites for hydroxylation is 1. The highest BCUT2D eigenvalue weighted by atomic mass is 19.1. The van der Waals surface area contributed by atoms with Crippen LogP contribution in [0.1, 0.15) is 29.7 Å². The van der Waals surface area contributed by atoms with Crippen LogP contribution in [0, 0.1) is 12.7 Å². The molecule has 0 saturated heterocycles. The molecule has 0 heterocycles. The molecule has 2 aromatic rings. The molecule has 0 aliphatic rings. The molecule has 0 radical (unpaired) electrons. The molecule has 0 fully saturated rings. The lowest BCUT2D eigenvalue weighted by atomic mass is 9.97. The van der Waals surface area contributed by atoms with Crippen LogP contribution in [-0.2, 0) is 6.42 Å². The zero-order valence-corrected chi connectivity index (χ0v) is 11.9. The minimum absolute atomic E-state index is 0.214. The van der Waals surface area contributed by atoms with E-state index in [2.05, 4.69) is 0 Å². The van der Waals surface area contributed by atoms with Crippen molar-refractivity contribution in [3.63, 3.8) is 0 Å². The molecule has 0 aliphatic carbocycles. The van der Waals surface area contributed by atoms with Crippen molar-refractivity contribution in [3.8, 4) is 5.75 Å². The van der Waals surface area contributed by atoms with Crippen LogP contribution in [-0.4, -0.2) is 6.61 Å². The van der Waals surface area contributed by atoms with Crippen LogP contribution in [0.25, 0.3) is 0 Å². The Kier molecular flexibility index (Phi) is 4.74. The van der Waals surface area contributed by atoms with E-state index in [0.717, 1.165) is 16.9 Å². The van der Waals surface area contributed by atoms with Gasteiger partial charge in [0, 0.05) is 11.6 Å². The molecule has 1 unspecified atom stereocenters. The highest BCUT2D eigenvalue weighted by Crippen LogP contribution is 2.28. The van der Waals surface area contributed by atoms with Gasteiger partial charge < -0.3 is 10.5 Å². The maximum absolute atomic E-state index is 13.7. The summed E-state index contributed by atoms with van der Waals surface area (Å²) in [6, 6.07) is 12.4. The summed E-state index contributed by atoms with van der Waals surface area (Å²) in [7, 11) is 0. The number of rotatable bonds is 5. The maximum atomic E-state index is 13.7. The Morgan fingerprint density at radius 3 is 2.65 bits per heavy atom. The van der Waals surface area contributed by atoms with Gasteiger partial charge in [0.2, 0.25) is 0 Å². The minimum Gasteiger partial charge on any atom is -0.494 e. The van der Waals surface area contributed by atoms with Gasteiger partial charge in [-0.1, -0.05) is 35.9 Å². The first-order valence-electron chi connectivity index (χ1n) is 6.84. The van der Waals surface area contributed by atoms with E-state index in [4.69, 9.17) is 10.5 Å². The zero-order valence-electron chi connectivity index (χ0n) is 11.9. The Hall–Kier alpha value is -1.87. The van der Waals surface area contributed by atoms with Gasteiger partial charge in [-0.25, -0.2) is 4.39 Å². The Labute approximate surface area is 119 Å². The third-order valence-electron chi connectivity index (χ3n) is 3.26. The quantitative estimate of drug-likeness (QED) is 0.900. The van der Waals surface area contributed by atoms with E-state index in [9.17, 15) is 4.39 Å². The topological polar surface area (TPSA) is 35.2 Å². The lowest BCUT2D eigenvalue weighted by Gasteiger charge is -2.17. The van der Waals surface area contributed by atoms with Crippen molar-refractivity contribution < 1.29 is 9.13 Å². The van der Waals surface area contributed by atoms with Crippen LogP contribution in [0.5, 0.6) is 5.75 Å². The standard InChI is InChI=1S/C17H20FNO/c1-3-20-17-9-8-12(2)10-14(17)16(19)11-13-6-4-5-7-15(13)18/h4-10,16H,3,11,19H2,1-2H3. The van der Waals surface area contributed by atoms with Crippen LogP contribution >= 0.6 is 0 Å². The predicted molar refractivity (Wildman–Crippen MR) is 79.4 cm³/mol. The number of benzene rings is 2. The minimum atomic E-state index is -0.284. The number of ether oxygens (including phenoxy) is 1. The Morgan fingerprint density at radius 1 is 1.20 bits per heavy atom. The van der Waals surface area contributed by atoms with Gasteiger partial charge in [0.25, 0.3) is 0 Å². The molecule has 0 bridgehead atoms. The van der Waals surface area contributed by atoms with E-state index >= 15 is 0 Å². The van der Waals surface area contributed by atoms with E-state index in [0.29, 0.717) is 18.6 Å². The van der Waals surface area contributed by atoms with Gasteiger partial charge in [-0.05, 0) is 38.0 Å². The summed E-state index contributed by atoms with van der Waals surface area (Å²) in [4.78, 5) is 0. The summed E-state index contributed by atoms with van der Waals surface area (Å²) in [5.41, 5.74) is 8.92. The normalized spacial score (nSPS) is 12.2. The summed E-state index contributed by atoms with van der Waals surface area (Å²) in [6.45, 7) is 4.53. The average molecular weight is 273 g/mol. The van der Waals surface area contributed by atoms with Gasteiger partial charge in [0.15, 0.2) is 0 Å². The number of hydrogen-bond donors (Lipinski definition) is 1. The smallest absolute Gasteiger partial charge is 0.126 e. The molecule has 1 atom stereocenters. The molecule has 2 N–H and O–H groups in total. The second-order valence-corrected chi connectivity index (χ2v) is 4.88. The lowest BCUT2D eigenvalue weighted by Crippen LogP contribution is -2.16. The third-order valence-corrected chi connectivity index (χ3v) is 3.26. The molecular weight excluding hydrogens is 253 g/mol. The number of hydrogen-bond acceptors (Lipinski definition) is 2. The lowest BCUT2D eigenvalue weighted by molar-refractivity contribution is 0.334. The van der Waals surface area contributed by atoms with Crippen LogP contribution in [0.2, 0.25) is 0 Å². The summed E-state index contributed by atoms with van der Waals surface area (Å²) in [5, 5.41) is 0. The van der Waals surface area contributed by atoms with Crippen molar-refractivity contribution in [1.82, 2.24) is 0 Å². The van der Waals surface area contributed by atoms with Gasteiger partial charge in [0.05, 0.1) is 6.61 Å².